The Morgan fingerprint density at radius 1 is 1.36 bits per heavy atom. The Bertz CT molecular complexity index is 110. The van der Waals surface area contributed by atoms with Crippen LogP contribution in [0.3, 0.4) is 0 Å². The molecule has 0 N–H and O–H groups in total. The van der Waals surface area contributed by atoms with Crippen molar-refractivity contribution in [3.8, 4) is 0 Å². The first-order chi connectivity index (χ1) is 5.26. The highest BCUT2D eigenvalue weighted by Crippen LogP contribution is 2.08. The second-order valence-electron chi connectivity index (χ2n) is 2.66. The van der Waals surface area contributed by atoms with Crippen LogP contribution in [0.1, 0.15) is 13.8 Å². The third kappa shape index (κ3) is 4.17. The van der Waals surface area contributed by atoms with Crippen molar-refractivity contribution < 1.29 is 9.47 Å². The minimum Gasteiger partial charge on any atom is -0.384 e. The van der Waals surface area contributed by atoms with E-state index >= 15 is 0 Å². The number of ether oxygens (including phenoxy) is 2. The molecule has 0 aromatic heterocycles. The lowest BCUT2D eigenvalue weighted by molar-refractivity contribution is 0.0506. The van der Waals surface area contributed by atoms with Crippen molar-refractivity contribution in [1.82, 2.24) is 0 Å². The smallest absolute Gasteiger partial charge is 0.0799 e. The van der Waals surface area contributed by atoms with Gasteiger partial charge in [0, 0.05) is 20.1 Å². The second-order valence-corrected chi connectivity index (χ2v) is 2.66. The summed E-state index contributed by atoms with van der Waals surface area (Å²) in [4.78, 5) is 0. The molecule has 0 heterocycles. The van der Waals surface area contributed by atoms with Gasteiger partial charge >= 0.3 is 0 Å². The topological polar surface area (TPSA) is 18.5 Å². The number of rotatable bonds is 5. The first-order valence-corrected chi connectivity index (χ1v) is 3.90. The van der Waals surface area contributed by atoms with E-state index in [9.17, 15) is 0 Å². The molecular weight excluding hydrogens is 140 g/mol. The van der Waals surface area contributed by atoms with Gasteiger partial charge in [0.15, 0.2) is 0 Å². The molecule has 0 aliphatic rings. The molecule has 0 fully saturated rings. The third-order valence-electron chi connectivity index (χ3n) is 1.64. The lowest BCUT2D eigenvalue weighted by Crippen LogP contribution is -2.21. The summed E-state index contributed by atoms with van der Waals surface area (Å²) in [5.41, 5.74) is 0. The molecule has 66 valence electrons. The largest absolute Gasteiger partial charge is 0.384 e. The van der Waals surface area contributed by atoms with Crippen LogP contribution in [0.2, 0.25) is 0 Å². The van der Waals surface area contributed by atoms with Crippen molar-refractivity contribution in [3.63, 3.8) is 0 Å². The zero-order valence-electron chi connectivity index (χ0n) is 7.83. The average Bonchev–Trinajstić information content (AvgIpc) is 2.00. The summed E-state index contributed by atoms with van der Waals surface area (Å²) < 4.78 is 10.3. The Hall–Kier alpha value is -0.340. The Kier molecular flexibility index (Phi) is 6.18. The maximum absolute atomic E-state index is 5.24. The van der Waals surface area contributed by atoms with Crippen LogP contribution >= 0.6 is 0 Å². The van der Waals surface area contributed by atoms with E-state index < -0.39 is 0 Å². The van der Waals surface area contributed by atoms with Crippen LogP contribution in [0.25, 0.3) is 0 Å². The molecule has 11 heavy (non-hydrogen) atoms. The first kappa shape index (κ1) is 10.7. The van der Waals surface area contributed by atoms with Crippen LogP contribution in [0.15, 0.2) is 12.2 Å². The minimum atomic E-state index is 0.181. The molecule has 0 saturated heterocycles. The van der Waals surface area contributed by atoms with Gasteiger partial charge in [-0.05, 0) is 6.92 Å². The van der Waals surface area contributed by atoms with E-state index in [1.54, 1.807) is 14.2 Å². The van der Waals surface area contributed by atoms with Crippen LogP contribution in [0.5, 0.6) is 0 Å². The van der Waals surface area contributed by atoms with E-state index in [0.717, 1.165) is 6.61 Å². The van der Waals surface area contributed by atoms with Crippen LogP contribution in [0.4, 0.5) is 0 Å². The summed E-state index contributed by atoms with van der Waals surface area (Å²) in [7, 11) is 3.43. The second kappa shape index (κ2) is 6.38. The van der Waals surface area contributed by atoms with Crippen molar-refractivity contribution in [2.45, 2.75) is 20.0 Å². The van der Waals surface area contributed by atoms with Gasteiger partial charge in [0.25, 0.3) is 0 Å². The fourth-order valence-corrected chi connectivity index (χ4v) is 1.05. The molecule has 2 atom stereocenters. The maximum Gasteiger partial charge on any atom is 0.0799 e. The molecule has 0 aliphatic heterocycles. The summed E-state index contributed by atoms with van der Waals surface area (Å²) in [6.07, 6.45) is 4.23. The summed E-state index contributed by atoms with van der Waals surface area (Å²) in [5.74, 6) is 0.418. The van der Waals surface area contributed by atoms with E-state index in [-0.39, 0.29) is 6.10 Å². The van der Waals surface area contributed by atoms with E-state index in [0.29, 0.717) is 5.92 Å². The van der Waals surface area contributed by atoms with E-state index in [1.807, 2.05) is 19.1 Å². The standard InChI is InChI=1S/C9H18O2/c1-5-6-9(11-4)8(2)7-10-3/h5-6,8-9H,7H2,1-4H3/b6-5+/t8-,9?/m0/s1. The summed E-state index contributed by atoms with van der Waals surface area (Å²) in [5, 5.41) is 0. The molecule has 0 aromatic rings. The van der Waals surface area contributed by atoms with Crippen LogP contribution in [0, 0.1) is 5.92 Å². The van der Waals surface area contributed by atoms with Crippen molar-refractivity contribution in [2.75, 3.05) is 20.8 Å². The van der Waals surface area contributed by atoms with Gasteiger partial charge in [-0.3, -0.25) is 0 Å². The SMILES string of the molecule is C/C=C/C(OC)[C@@H](C)COC. The third-order valence-corrected chi connectivity index (χ3v) is 1.64. The molecule has 0 saturated carbocycles. The Morgan fingerprint density at radius 3 is 2.36 bits per heavy atom. The van der Waals surface area contributed by atoms with E-state index in [4.69, 9.17) is 9.47 Å². The van der Waals surface area contributed by atoms with Crippen LogP contribution in [-0.2, 0) is 9.47 Å². The number of methoxy groups -OCH3 is 2. The Morgan fingerprint density at radius 2 is 2.00 bits per heavy atom. The molecule has 0 aromatic carbocycles. The molecule has 2 heteroatoms. The summed E-state index contributed by atoms with van der Waals surface area (Å²) in [6, 6.07) is 0. The maximum atomic E-state index is 5.24. The quantitative estimate of drug-likeness (QED) is 0.568. The predicted octanol–water partition coefficient (Wildman–Crippen LogP) is 1.86. The molecule has 2 nitrogen and oxygen atoms in total. The van der Waals surface area contributed by atoms with Gasteiger partial charge in [-0.2, -0.15) is 0 Å². The van der Waals surface area contributed by atoms with Gasteiger partial charge < -0.3 is 9.47 Å². The van der Waals surface area contributed by atoms with Gasteiger partial charge in [-0.1, -0.05) is 19.1 Å². The van der Waals surface area contributed by atoms with Gasteiger partial charge in [0.05, 0.1) is 12.7 Å². The zero-order valence-corrected chi connectivity index (χ0v) is 7.83. The lowest BCUT2D eigenvalue weighted by Gasteiger charge is -2.18. The van der Waals surface area contributed by atoms with Gasteiger partial charge in [0.1, 0.15) is 0 Å². The molecule has 1 unspecified atom stereocenters. The Labute approximate surface area is 69.2 Å². The monoisotopic (exact) mass is 158 g/mol. The molecule has 0 spiro atoms. The van der Waals surface area contributed by atoms with Crippen LogP contribution in [-0.4, -0.2) is 26.9 Å². The van der Waals surface area contributed by atoms with Crippen LogP contribution < -0.4 is 0 Å². The number of allylic oxidation sites excluding steroid dienone is 1. The molecule has 0 radical (unpaired) electrons. The molecule has 0 aliphatic carbocycles. The van der Waals surface area contributed by atoms with Gasteiger partial charge in [-0.25, -0.2) is 0 Å². The van der Waals surface area contributed by atoms with E-state index in [1.165, 1.54) is 0 Å². The first-order valence-electron chi connectivity index (χ1n) is 3.90. The van der Waals surface area contributed by atoms with Crippen molar-refractivity contribution in [3.05, 3.63) is 12.2 Å². The number of hydrogen-bond donors (Lipinski definition) is 0. The summed E-state index contributed by atoms with van der Waals surface area (Å²) >= 11 is 0. The van der Waals surface area contributed by atoms with E-state index in [2.05, 4.69) is 6.92 Å². The zero-order chi connectivity index (χ0) is 8.69. The molecule has 0 bridgehead atoms. The van der Waals surface area contributed by atoms with Crippen molar-refractivity contribution in [2.24, 2.45) is 5.92 Å². The van der Waals surface area contributed by atoms with Gasteiger partial charge in [0.2, 0.25) is 0 Å². The highest BCUT2D eigenvalue weighted by Gasteiger charge is 2.12. The Balaban J connectivity index is 3.80. The van der Waals surface area contributed by atoms with Crippen molar-refractivity contribution in [1.29, 1.82) is 0 Å². The predicted molar refractivity (Wildman–Crippen MR) is 46.7 cm³/mol. The molecule has 0 amide bonds. The molecule has 0 rings (SSSR count). The van der Waals surface area contributed by atoms with Gasteiger partial charge in [-0.15, -0.1) is 0 Å². The summed E-state index contributed by atoms with van der Waals surface area (Å²) in [6.45, 7) is 4.84. The molecular formula is C9H18O2. The normalized spacial score (nSPS) is 17.1. The average molecular weight is 158 g/mol. The fourth-order valence-electron chi connectivity index (χ4n) is 1.05. The number of hydrogen-bond acceptors (Lipinski definition) is 2. The fraction of sp³-hybridized carbons (Fsp3) is 0.778. The van der Waals surface area contributed by atoms with Crippen molar-refractivity contribution >= 4 is 0 Å². The highest BCUT2D eigenvalue weighted by atomic mass is 16.5. The highest BCUT2D eigenvalue weighted by molar-refractivity contribution is 4.89. The minimum absolute atomic E-state index is 0.181. The lowest BCUT2D eigenvalue weighted by atomic mass is 10.1.